The van der Waals surface area contributed by atoms with Crippen LogP contribution in [0.25, 0.3) is 0 Å². The van der Waals surface area contributed by atoms with Crippen LogP contribution in [0.4, 0.5) is 0 Å². The largest absolute Gasteiger partial charge is 0.381 e. The summed E-state index contributed by atoms with van der Waals surface area (Å²) in [5.74, 6) is 0. The summed E-state index contributed by atoms with van der Waals surface area (Å²) >= 11 is 0. The molecule has 1 aliphatic heterocycles. The van der Waals surface area contributed by atoms with Gasteiger partial charge in [0.05, 0.1) is 0 Å². The summed E-state index contributed by atoms with van der Waals surface area (Å²) in [6, 6.07) is 0. The number of nitrogens with zero attached hydrogens (tertiary/aromatic N) is 1. The molecule has 0 aromatic heterocycles. The molecule has 1 rings (SSSR count). The summed E-state index contributed by atoms with van der Waals surface area (Å²) in [5, 5.41) is 0. The Hall–Kier alpha value is -0.0800. The molecule has 1 aliphatic rings. The van der Waals surface area contributed by atoms with Gasteiger partial charge in [0.25, 0.3) is 0 Å². The topological polar surface area (TPSA) is 12.5 Å². The quantitative estimate of drug-likeness (QED) is 0.509. The van der Waals surface area contributed by atoms with Gasteiger partial charge in [-0.2, -0.15) is 0 Å². The zero-order valence-electron chi connectivity index (χ0n) is 11.8. The van der Waals surface area contributed by atoms with E-state index in [-0.39, 0.29) is 0 Å². The zero-order chi connectivity index (χ0) is 12.2. The maximum atomic E-state index is 5.67. The van der Waals surface area contributed by atoms with Crippen molar-refractivity contribution in [1.29, 1.82) is 0 Å². The van der Waals surface area contributed by atoms with Crippen molar-refractivity contribution in [2.45, 2.75) is 64.7 Å². The van der Waals surface area contributed by atoms with Crippen molar-refractivity contribution in [2.24, 2.45) is 0 Å². The van der Waals surface area contributed by atoms with Crippen LogP contribution in [-0.2, 0) is 4.74 Å². The third-order valence-electron chi connectivity index (χ3n) is 3.60. The van der Waals surface area contributed by atoms with Crippen LogP contribution < -0.4 is 0 Å². The Morgan fingerprint density at radius 3 is 2.24 bits per heavy atom. The van der Waals surface area contributed by atoms with E-state index >= 15 is 0 Å². The molecule has 0 unspecified atom stereocenters. The summed E-state index contributed by atoms with van der Waals surface area (Å²) in [6.07, 6.45) is 12.2. The molecule has 0 aliphatic carbocycles. The number of likely N-dealkylation sites (tertiary alicyclic amines) is 1. The summed E-state index contributed by atoms with van der Waals surface area (Å²) in [5.41, 5.74) is 0. The van der Waals surface area contributed by atoms with Crippen molar-refractivity contribution in [2.75, 3.05) is 32.8 Å². The third kappa shape index (κ3) is 8.62. The van der Waals surface area contributed by atoms with Gasteiger partial charge in [-0.25, -0.2) is 0 Å². The van der Waals surface area contributed by atoms with E-state index in [0.717, 1.165) is 13.2 Å². The maximum absolute atomic E-state index is 5.67. The second-order valence-corrected chi connectivity index (χ2v) is 5.28. The summed E-state index contributed by atoms with van der Waals surface area (Å²) in [6.45, 7) is 8.09. The fourth-order valence-electron chi connectivity index (χ4n) is 2.48. The highest BCUT2D eigenvalue weighted by Crippen LogP contribution is 2.08. The highest BCUT2D eigenvalue weighted by molar-refractivity contribution is 4.65. The highest BCUT2D eigenvalue weighted by Gasteiger charge is 2.09. The number of hydrogen-bond acceptors (Lipinski definition) is 2. The van der Waals surface area contributed by atoms with Gasteiger partial charge in [0.1, 0.15) is 0 Å². The molecular formula is C15H31NO. The van der Waals surface area contributed by atoms with E-state index in [2.05, 4.69) is 11.8 Å². The molecule has 1 fully saturated rings. The molecule has 102 valence electrons. The second kappa shape index (κ2) is 11.0. The first-order valence-corrected chi connectivity index (χ1v) is 7.73. The van der Waals surface area contributed by atoms with Crippen LogP contribution in [0.5, 0.6) is 0 Å². The van der Waals surface area contributed by atoms with Crippen LogP contribution in [0, 0.1) is 0 Å². The van der Waals surface area contributed by atoms with Gasteiger partial charge in [0, 0.05) is 19.8 Å². The van der Waals surface area contributed by atoms with Crippen molar-refractivity contribution >= 4 is 0 Å². The molecule has 0 atom stereocenters. The lowest BCUT2D eigenvalue weighted by Gasteiger charge is -2.13. The molecule has 1 saturated heterocycles. The summed E-state index contributed by atoms with van der Waals surface area (Å²) in [7, 11) is 0. The highest BCUT2D eigenvalue weighted by atomic mass is 16.5. The zero-order valence-corrected chi connectivity index (χ0v) is 11.8. The molecule has 0 amide bonds. The van der Waals surface area contributed by atoms with Crippen molar-refractivity contribution in [3.63, 3.8) is 0 Å². The second-order valence-electron chi connectivity index (χ2n) is 5.28. The van der Waals surface area contributed by atoms with Gasteiger partial charge in [0.15, 0.2) is 0 Å². The maximum Gasteiger partial charge on any atom is 0.0478 e. The average molecular weight is 241 g/mol. The first-order valence-electron chi connectivity index (χ1n) is 7.73. The molecule has 0 aromatic carbocycles. The molecule has 0 bridgehead atoms. The lowest BCUT2D eigenvalue weighted by atomic mass is 10.1. The number of ether oxygens (including phenoxy) is 1. The molecule has 2 nitrogen and oxygen atoms in total. The van der Waals surface area contributed by atoms with Gasteiger partial charge in [-0.15, -0.1) is 0 Å². The molecule has 2 heteroatoms. The van der Waals surface area contributed by atoms with Crippen LogP contribution in [0.2, 0.25) is 0 Å². The fourth-order valence-corrected chi connectivity index (χ4v) is 2.48. The van der Waals surface area contributed by atoms with E-state index in [1.807, 2.05) is 0 Å². The number of unbranched alkanes of at least 4 members (excludes halogenated alkanes) is 5. The first kappa shape index (κ1) is 15.0. The monoisotopic (exact) mass is 241 g/mol. The minimum absolute atomic E-state index is 0.964. The van der Waals surface area contributed by atoms with Crippen LogP contribution in [0.3, 0.4) is 0 Å². The van der Waals surface area contributed by atoms with Gasteiger partial charge >= 0.3 is 0 Å². The van der Waals surface area contributed by atoms with Crippen LogP contribution in [0.15, 0.2) is 0 Å². The number of rotatable bonds is 11. The Morgan fingerprint density at radius 1 is 0.824 bits per heavy atom. The molecule has 1 heterocycles. The van der Waals surface area contributed by atoms with E-state index in [9.17, 15) is 0 Å². The minimum Gasteiger partial charge on any atom is -0.381 e. The van der Waals surface area contributed by atoms with Crippen molar-refractivity contribution < 1.29 is 4.74 Å². The van der Waals surface area contributed by atoms with Crippen molar-refractivity contribution in [3.05, 3.63) is 0 Å². The molecule has 0 saturated carbocycles. The van der Waals surface area contributed by atoms with Crippen LogP contribution in [0.1, 0.15) is 64.7 Å². The number of hydrogen-bond donors (Lipinski definition) is 0. The van der Waals surface area contributed by atoms with Gasteiger partial charge in [-0.3, -0.25) is 0 Å². The Labute approximate surface area is 108 Å². The van der Waals surface area contributed by atoms with E-state index < -0.39 is 0 Å². The minimum atomic E-state index is 0.964. The predicted octanol–water partition coefficient (Wildman–Crippen LogP) is 3.85. The van der Waals surface area contributed by atoms with E-state index in [4.69, 9.17) is 4.74 Å². The third-order valence-corrected chi connectivity index (χ3v) is 3.60. The molecule has 0 radical (unpaired) electrons. The van der Waals surface area contributed by atoms with Crippen LogP contribution >= 0.6 is 0 Å². The lowest BCUT2D eigenvalue weighted by molar-refractivity contribution is 0.119. The van der Waals surface area contributed by atoms with Crippen molar-refractivity contribution in [1.82, 2.24) is 4.90 Å². The lowest BCUT2D eigenvalue weighted by Crippen LogP contribution is -2.21. The Balaban J connectivity index is 1.69. The fraction of sp³-hybridized carbons (Fsp3) is 1.00. The van der Waals surface area contributed by atoms with Crippen LogP contribution in [-0.4, -0.2) is 37.7 Å². The van der Waals surface area contributed by atoms with Crippen molar-refractivity contribution in [3.8, 4) is 0 Å². The summed E-state index contributed by atoms with van der Waals surface area (Å²) < 4.78 is 5.67. The van der Waals surface area contributed by atoms with E-state index in [1.54, 1.807) is 0 Å². The average Bonchev–Trinajstić information content (AvgIpc) is 2.85. The van der Waals surface area contributed by atoms with E-state index in [0.29, 0.717) is 0 Å². The summed E-state index contributed by atoms with van der Waals surface area (Å²) in [4.78, 5) is 2.56. The Kier molecular flexibility index (Phi) is 9.72. The molecule has 0 spiro atoms. The predicted molar refractivity (Wildman–Crippen MR) is 74.5 cm³/mol. The smallest absolute Gasteiger partial charge is 0.0478 e. The Morgan fingerprint density at radius 2 is 1.47 bits per heavy atom. The van der Waals surface area contributed by atoms with Gasteiger partial charge in [-0.1, -0.05) is 39.0 Å². The molecule has 17 heavy (non-hydrogen) atoms. The molecule has 0 N–H and O–H groups in total. The Bertz CT molecular complexity index is 155. The SMILES string of the molecule is CCCCCCCCOCCCN1CCCC1. The van der Waals surface area contributed by atoms with Gasteiger partial charge < -0.3 is 9.64 Å². The molecule has 0 aromatic rings. The van der Waals surface area contributed by atoms with Gasteiger partial charge in [-0.05, 0) is 38.8 Å². The molecular weight excluding hydrogens is 210 g/mol. The van der Waals surface area contributed by atoms with Gasteiger partial charge in [0.2, 0.25) is 0 Å². The normalized spacial score (nSPS) is 16.8. The standard InChI is InChI=1S/C15H31NO/c1-2-3-4-5-6-9-14-17-15-10-13-16-11-7-8-12-16/h2-15H2,1H3. The van der Waals surface area contributed by atoms with E-state index in [1.165, 1.54) is 77.4 Å². The first-order chi connectivity index (χ1) is 8.43.